The molecule has 0 saturated carbocycles. The number of aromatic amines is 1. The largest absolute Gasteiger partial charge is 0.507 e. The van der Waals surface area contributed by atoms with Gasteiger partial charge in [0.15, 0.2) is 0 Å². The summed E-state index contributed by atoms with van der Waals surface area (Å²) in [4.78, 5) is 18.3. The van der Waals surface area contributed by atoms with Crippen LogP contribution in [-0.4, -0.2) is 34.6 Å². The summed E-state index contributed by atoms with van der Waals surface area (Å²) in [5.41, 5.74) is 6.78. The van der Waals surface area contributed by atoms with Gasteiger partial charge in [-0.3, -0.25) is 4.79 Å². The predicted octanol–water partition coefficient (Wildman–Crippen LogP) is 6.32. The molecule has 0 atom stereocenters. The van der Waals surface area contributed by atoms with E-state index in [1.54, 1.807) is 18.1 Å². The van der Waals surface area contributed by atoms with Gasteiger partial charge in [0.25, 0.3) is 5.91 Å². The number of ether oxygens (including phenoxy) is 1. The number of phenolic OH excluding ortho intramolecular Hbond substituents is 1. The first-order valence-corrected chi connectivity index (χ1v) is 11.9. The Labute approximate surface area is 201 Å². The summed E-state index contributed by atoms with van der Waals surface area (Å²) in [6, 6.07) is 12.1. The second kappa shape index (κ2) is 10.2. The Hall–Kier alpha value is -3.47. The van der Waals surface area contributed by atoms with Crippen LogP contribution in [0.2, 0.25) is 0 Å². The van der Waals surface area contributed by atoms with Crippen LogP contribution in [0.5, 0.6) is 11.5 Å². The summed E-state index contributed by atoms with van der Waals surface area (Å²) in [5, 5.41) is 12.3. The molecule has 2 aromatic carbocycles. The fourth-order valence-electron chi connectivity index (χ4n) is 4.57. The van der Waals surface area contributed by atoms with Gasteiger partial charge in [-0.2, -0.15) is 0 Å². The number of hydrogen-bond acceptors (Lipinski definition) is 3. The highest BCUT2D eigenvalue weighted by Crippen LogP contribution is 2.39. The van der Waals surface area contributed by atoms with E-state index in [0.29, 0.717) is 36.4 Å². The number of nitrogens with one attached hydrogen (secondary N) is 1. The summed E-state index contributed by atoms with van der Waals surface area (Å²) >= 11 is 0. The van der Waals surface area contributed by atoms with Crippen LogP contribution in [0, 0.1) is 0 Å². The number of carbonyl (C=O) groups is 1. The number of aromatic nitrogens is 1. The van der Waals surface area contributed by atoms with Gasteiger partial charge in [0.1, 0.15) is 11.5 Å². The minimum absolute atomic E-state index is 0.0558. The van der Waals surface area contributed by atoms with Crippen molar-refractivity contribution in [3.63, 3.8) is 0 Å². The monoisotopic (exact) mass is 458 g/mol. The van der Waals surface area contributed by atoms with Crippen molar-refractivity contribution in [2.24, 2.45) is 0 Å². The Morgan fingerprint density at radius 3 is 2.71 bits per heavy atom. The lowest BCUT2D eigenvalue weighted by Crippen LogP contribution is -2.26. The number of hydrogen-bond donors (Lipinski definition) is 2. The van der Waals surface area contributed by atoms with Crippen LogP contribution in [0.15, 0.2) is 59.7 Å². The number of aromatic hydroxyl groups is 1. The van der Waals surface area contributed by atoms with Crippen LogP contribution < -0.4 is 4.74 Å². The van der Waals surface area contributed by atoms with Gasteiger partial charge in [0.05, 0.1) is 19.2 Å². The van der Waals surface area contributed by atoms with Gasteiger partial charge in [-0.1, -0.05) is 41.5 Å². The van der Waals surface area contributed by atoms with E-state index in [0.717, 1.165) is 36.0 Å². The zero-order valence-corrected chi connectivity index (χ0v) is 20.6. The van der Waals surface area contributed by atoms with Gasteiger partial charge in [0.2, 0.25) is 0 Å². The highest BCUT2D eigenvalue weighted by molar-refractivity contribution is 6.00. The van der Waals surface area contributed by atoms with E-state index in [1.165, 1.54) is 16.5 Å². The number of benzene rings is 2. The van der Waals surface area contributed by atoms with Crippen molar-refractivity contribution < 1.29 is 14.6 Å². The topological polar surface area (TPSA) is 65.6 Å². The molecule has 0 spiro atoms. The van der Waals surface area contributed by atoms with E-state index >= 15 is 0 Å². The van der Waals surface area contributed by atoms with Gasteiger partial charge < -0.3 is 19.7 Å². The van der Waals surface area contributed by atoms with Crippen molar-refractivity contribution in [1.29, 1.82) is 0 Å². The normalized spacial score (nSPS) is 13.5. The highest BCUT2D eigenvalue weighted by Gasteiger charge is 2.32. The smallest absolute Gasteiger partial charge is 0.254 e. The van der Waals surface area contributed by atoms with Gasteiger partial charge in [-0.25, -0.2) is 0 Å². The minimum atomic E-state index is -0.0558. The number of methoxy groups -OCH3 is 1. The van der Waals surface area contributed by atoms with Crippen molar-refractivity contribution in [2.45, 2.75) is 53.0 Å². The highest BCUT2D eigenvalue weighted by atomic mass is 16.5. The molecule has 34 heavy (non-hydrogen) atoms. The lowest BCUT2D eigenvalue weighted by atomic mass is 9.99. The Kier molecular flexibility index (Phi) is 7.11. The Bertz CT molecular complexity index is 1230. The van der Waals surface area contributed by atoms with E-state index in [-0.39, 0.29) is 11.7 Å². The fraction of sp³-hybridized carbons (Fsp3) is 0.345. The molecule has 1 amide bonds. The molecule has 0 saturated heterocycles. The molecule has 1 aliphatic heterocycles. The van der Waals surface area contributed by atoms with E-state index < -0.39 is 0 Å². The Morgan fingerprint density at radius 2 is 1.97 bits per heavy atom. The summed E-state index contributed by atoms with van der Waals surface area (Å²) in [6.07, 6.45) is 7.68. The van der Waals surface area contributed by atoms with Crippen LogP contribution in [-0.2, 0) is 19.4 Å². The Morgan fingerprint density at radius 1 is 1.18 bits per heavy atom. The van der Waals surface area contributed by atoms with E-state index in [9.17, 15) is 9.90 Å². The summed E-state index contributed by atoms with van der Waals surface area (Å²) in [5.74, 6) is 0.694. The molecule has 0 unspecified atom stereocenters. The molecule has 0 aliphatic carbocycles. The molecular weight excluding hydrogens is 424 g/mol. The maximum atomic E-state index is 13.1. The number of phenols is 1. The first kappa shape index (κ1) is 23.7. The zero-order valence-electron chi connectivity index (χ0n) is 20.6. The molecule has 2 N–H and O–H groups in total. The van der Waals surface area contributed by atoms with Gasteiger partial charge in [-0.05, 0) is 63.6 Å². The van der Waals surface area contributed by atoms with Crippen molar-refractivity contribution >= 4 is 16.8 Å². The average Bonchev–Trinajstić information content (AvgIpc) is 3.37. The number of para-hydroxylation sites is 1. The van der Waals surface area contributed by atoms with E-state index in [4.69, 9.17) is 4.74 Å². The molecule has 5 heteroatoms. The van der Waals surface area contributed by atoms with Crippen LogP contribution in [0.4, 0.5) is 0 Å². The third-order valence-electron chi connectivity index (χ3n) is 6.54. The predicted molar refractivity (Wildman–Crippen MR) is 138 cm³/mol. The summed E-state index contributed by atoms with van der Waals surface area (Å²) < 4.78 is 5.57. The molecule has 1 aliphatic rings. The Balaban J connectivity index is 1.48. The number of rotatable bonds is 9. The summed E-state index contributed by atoms with van der Waals surface area (Å²) in [6.45, 7) is 7.33. The molecular formula is C29H34N2O3. The number of allylic oxidation sites excluding steroid dienone is 4. The maximum absolute atomic E-state index is 13.1. The van der Waals surface area contributed by atoms with Crippen LogP contribution >= 0.6 is 0 Å². The minimum Gasteiger partial charge on any atom is -0.507 e. The van der Waals surface area contributed by atoms with E-state index in [2.05, 4.69) is 56.1 Å². The molecule has 2 heterocycles. The standard InChI is InChI=1S/C29H34N2O3/c1-19(2)8-7-9-20(3)12-13-23-27(34-4)17-24-25(28(23)32)18-31(29(24)33)15-14-22-16-21-10-5-6-11-26(21)30-22/h5-6,8,10-12,16-17,30,32H,7,9,13-15,18H2,1-4H3/b20-12+. The molecule has 0 radical (unpaired) electrons. The fourth-order valence-corrected chi connectivity index (χ4v) is 4.57. The third-order valence-corrected chi connectivity index (χ3v) is 6.54. The first-order valence-electron chi connectivity index (χ1n) is 11.9. The van der Waals surface area contributed by atoms with Crippen molar-refractivity contribution in [2.75, 3.05) is 13.7 Å². The lowest BCUT2D eigenvalue weighted by Gasteiger charge is -2.14. The maximum Gasteiger partial charge on any atom is 0.254 e. The quantitative estimate of drug-likeness (QED) is 0.369. The molecule has 178 valence electrons. The zero-order chi connectivity index (χ0) is 24.2. The van der Waals surface area contributed by atoms with Gasteiger partial charge in [-0.15, -0.1) is 0 Å². The van der Waals surface area contributed by atoms with Gasteiger partial charge >= 0.3 is 0 Å². The molecule has 3 aromatic rings. The van der Waals surface area contributed by atoms with Crippen molar-refractivity contribution in [3.8, 4) is 11.5 Å². The first-order chi connectivity index (χ1) is 16.4. The van der Waals surface area contributed by atoms with E-state index in [1.807, 2.05) is 12.1 Å². The summed E-state index contributed by atoms with van der Waals surface area (Å²) in [7, 11) is 1.59. The molecule has 1 aromatic heterocycles. The van der Waals surface area contributed by atoms with Crippen molar-refractivity contribution in [3.05, 3.63) is 82.1 Å². The number of fused-ring (bicyclic) bond motifs is 2. The van der Waals surface area contributed by atoms with Crippen molar-refractivity contribution in [1.82, 2.24) is 9.88 Å². The number of carbonyl (C=O) groups excluding carboxylic acids is 1. The SMILES string of the molecule is COc1cc2c(c(O)c1C/C=C(\C)CCC=C(C)C)CN(CCc1cc3ccccc3[nH]1)C2=O. The van der Waals surface area contributed by atoms with Gasteiger partial charge in [0, 0.05) is 35.3 Å². The second-order valence-electron chi connectivity index (χ2n) is 9.37. The third kappa shape index (κ3) is 5.04. The van der Waals surface area contributed by atoms with Crippen LogP contribution in [0.1, 0.15) is 60.8 Å². The molecule has 0 bridgehead atoms. The average molecular weight is 459 g/mol. The lowest BCUT2D eigenvalue weighted by molar-refractivity contribution is 0.0779. The molecule has 0 fully saturated rings. The number of nitrogens with zero attached hydrogens (tertiary/aromatic N) is 1. The second-order valence-corrected chi connectivity index (χ2v) is 9.37. The van der Waals surface area contributed by atoms with Crippen LogP contribution in [0.25, 0.3) is 10.9 Å². The van der Waals surface area contributed by atoms with Crippen LogP contribution in [0.3, 0.4) is 0 Å². The number of H-pyrrole nitrogens is 1. The number of amides is 1. The molecule has 5 nitrogen and oxygen atoms in total. The molecule has 4 rings (SSSR count).